The van der Waals surface area contributed by atoms with E-state index in [0.29, 0.717) is 12.2 Å². The first kappa shape index (κ1) is 11.4. The van der Waals surface area contributed by atoms with Gasteiger partial charge in [0.15, 0.2) is 0 Å². The van der Waals surface area contributed by atoms with Crippen LogP contribution in [0.5, 0.6) is 0 Å². The van der Waals surface area contributed by atoms with E-state index in [-0.39, 0.29) is 0 Å². The maximum atomic E-state index is 11.0. The Kier molecular flexibility index (Phi) is 8.09. The van der Waals surface area contributed by atoms with Crippen molar-refractivity contribution >= 4 is 5.78 Å². The predicted molar refractivity (Wildman–Crippen MR) is 53.2 cm³/mol. The predicted octanol–water partition coefficient (Wildman–Crippen LogP) is 3.49. The highest BCUT2D eigenvalue weighted by atomic mass is 16.1. The molecule has 0 saturated heterocycles. The fourth-order valence-corrected chi connectivity index (χ4v) is 1.04. The summed E-state index contributed by atoms with van der Waals surface area (Å²) in [7, 11) is 0. The molecule has 0 fully saturated rings. The van der Waals surface area contributed by atoms with Gasteiger partial charge in [0.1, 0.15) is 5.78 Å². The summed E-state index contributed by atoms with van der Waals surface area (Å²) in [6.07, 6.45) is 10.1. The third-order valence-electron chi connectivity index (χ3n) is 1.77. The molecule has 0 radical (unpaired) electrons. The Morgan fingerprint density at radius 1 is 1.17 bits per heavy atom. The minimum atomic E-state index is 0.366. The lowest BCUT2D eigenvalue weighted by molar-refractivity contribution is -0.118. The average Bonchev–Trinajstić information content (AvgIpc) is 2.05. The van der Waals surface area contributed by atoms with Crippen molar-refractivity contribution in [3.63, 3.8) is 0 Å². The number of unbranched alkanes of at least 4 members (excludes halogenated alkanes) is 2. The number of carbonyl (C=O) groups is 1. The van der Waals surface area contributed by atoms with Crippen LogP contribution in [0.25, 0.3) is 0 Å². The first-order chi connectivity index (χ1) is 5.81. The first-order valence-corrected chi connectivity index (χ1v) is 4.98. The standard InChI is InChI=1S/C11H20O/c1-3-5-6-7-8-10-11(12)9-4-2/h7-8H,3-6,9-10H2,1-2H3. The molecule has 0 heterocycles. The molecule has 0 N–H and O–H groups in total. The zero-order chi connectivity index (χ0) is 9.23. The topological polar surface area (TPSA) is 17.1 Å². The first-order valence-electron chi connectivity index (χ1n) is 4.98. The molecular formula is C11H20O. The molecule has 0 aliphatic heterocycles. The zero-order valence-corrected chi connectivity index (χ0v) is 8.31. The van der Waals surface area contributed by atoms with Gasteiger partial charge in [0.2, 0.25) is 0 Å². The van der Waals surface area contributed by atoms with Gasteiger partial charge in [0, 0.05) is 12.8 Å². The van der Waals surface area contributed by atoms with Crippen LogP contribution < -0.4 is 0 Å². The van der Waals surface area contributed by atoms with Gasteiger partial charge in [-0.1, -0.05) is 38.8 Å². The molecular weight excluding hydrogens is 148 g/mol. The normalized spacial score (nSPS) is 10.8. The summed E-state index contributed by atoms with van der Waals surface area (Å²) in [6.45, 7) is 4.22. The van der Waals surface area contributed by atoms with Crippen molar-refractivity contribution in [1.29, 1.82) is 0 Å². The Balaban J connectivity index is 3.27. The van der Waals surface area contributed by atoms with Gasteiger partial charge >= 0.3 is 0 Å². The van der Waals surface area contributed by atoms with E-state index in [4.69, 9.17) is 0 Å². The number of rotatable bonds is 7. The van der Waals surface area contributed by atoms with Gasteiger partial charge in [-0.3, -0.25) is 4.79 Å². The zero-order valence-electron chi connectivity index (χ0n) is 8.31. The SMILES string of the molecule is CCCCC=CCC(=O)CCC. The van der Waals surface area contributed by atoms with Crippen molar-refractivity contribution in [2.24, 2.45) is 0 Å². The number of hydrogen-bond acceptors (Lipinski definition) is 1. The summed E-state index contributed by atoms with van der Waals surface area (Å²) < 4.78 is 0. The molecule has 0 saturated carbocycles. The highest BCUT2D eigenvalue weighted by molar-refractivity contribution is 5.79. The average molecular weight is 168 g/mol. The fourth-order valence-electron chi connectivity index (χ4n) is 1.04. The number of ketones is 1. The number of hydrogen-bond donors (Lipinski definition) is 0. The highest BCUT2D eigenvalue weighted by Crippen LogP contribution is 1.99. The van der Waals surface area contributed by atoms with Crippen molar-refractivity contribution in [2.75, 3.05) is 0 Å². The van der Waals surface area contributed by atoms with E-state index >= 15 is 0 Å². The van der Waals surface area contributed by atoms with Crippen molar-refractivity contribution in [1.82, 2.24) is 0 Å². The lowest BCUT2D eigenvalue weighted by Gasteiger charge is -1.92. The van der Waals surface area contributed by atoms with E-state index < -0.39 is 0 Å². The van der Waals surface area contributed by atoms with Crippen LogP contribution in [0.1, 0.15) is 52.4 Å². The van der Waals surface area contributed by atoms with Crippen LogP contribution >= 0.6 is 0 Å². The molecule has 0 atom stereocenters. The largest absolute Gasteiger partial charge is 0.299 e. The second-order valence-electron chi connectivity index (χ2n) is 3.11. The summed E-state index contributed by atoms with van der Waals surface area (Å²) in [5.74, 6) is 0.366. The molecule has 0 bridgehead atoms. The Morgan fingerprint density at radius 2 is 1.92 bits per heavy atom. The van der Waals surface area contributed by atoms with E-state index in [1.54, 1.807) is 0 Å². The van der Waals surface area contributed by atoms with Crippen LogP contribution in [-0.4, -0.2) is 5.78 Å². The van der Waals surface area contributed by atoms with Gasteiger partial charge in [-0.2, -0.15) is 0 Å². The Hall–Kier alpha value is -0.590. The van der Waals surface area contributed by atoms with Gasteiger partial charge < -0.3 is 0 Å². The Labute approximate surface area is 75.9 Å². The smallest absolute Gasteiger partial charge is 0.136 e. The number of Topliss-reactive ketones (excluding diaryl/α,β-unsaturated/α-hetero) is 1. The summed E-state index contributed by atoms with van der Waals surface area (Å²) in [5.41, 5.74) is 0. The molecule has 0 aromatic rings. The molecule has 0 amide bonds. The monoisotopic (exact) mass is 168 g/mol. The molecule has 70 valence electrons. The maximum Gasteiger partial charge on any atom is 0.136 e. The minimum Gasteiger partial charge on any atom is -0.299 e. The maximum absolute atomic E-state index is 11.0. The third kappa shape index (κ3) is 7.52. The van der Waals surface area contributed by atoms with Crippen LogP contribution in [0.4, 0.5) is 0 Å². The van der Waals surface area contributed by atoms with E-state index in [9.17, 15) is 4.79 Å². The molecule has 0 aliphatic carbocycles. The highest BCUT2D eigenvalue weighted by Gasteiger charge is 1.94. The van der Waals surface area contributed by atoms with Crippen molar-refractivity contribution < 1.29 is 4.79 Å². The van der Waals surface area contributed by atoms with Gasteiger partial charge in [0.25, 0.3) is 0 Å². The molecule has 1 nitrogen and oxygen atoms in total. The van der Waals surface area contributed by atoms with Gasteiger partial charge in [-0.25, -0.2) is 0 Å². The van der Waals surface area contributed by atoms with Crippen LogP contribution in [0, 0.1) is 0 Å². The summed E-state index contributed by atoms with van der Waals surface area (Å²) in [6, 6.07) is 0. The lowest BCUT2D eigenvalue weighted by atomic mass is 10.1. The molecule has 0 aliphatic rings. The van der Waals surface area contributed by atoms with E-state index in [0.717, 1.165) is 19.3 Å². The van der Waals surface area contributed by atoms with E-state index in [2.05, 4.69) is 13.0 Å². The molecule has 12 heavy (non-hydrogen) atoms. The third-order valence-corrected chi connectivity index (χ3v) is 1.77. The van der Waals surface area contributed by atoms with Crippen LogP contribution in [0.15, 0.2) is 12.2 Å². The quantitative estimate of drug-likeness (QED) is 0.420. The van der Waals surface area contributed by atoms with Crippen molar-refractivity contribution in [3.05, 3.63) is 12.2 Å². The number of carbonyl (C=O) groups excluding carboxylic acids is 1. The summed E-state index contributed by atoms with van der Waals surface area (Å²) in [5, 5.41) is 0. The van der Waals surface area contributed by atoms with Crippen molar-refractivity contribution in [2.45, 2.75) is 52.4 Å². The van der Waals surface area contributed by atoms with Crippen LogP contribution in [0.2, 0.25) is 0 Å². The van der Waals surface area contributed by atoms with Crippen LogP contribution in [0.3, 0.4) is 0 Å². The molecule has 0 unspecified atom stereocenters. The molecule has 0 spiro atoms. The van der Waals surface area contributed by atoms with Gasteiger partial charge in [-0.05, 0) is 12.8 Å². The summed E-state index contributed by atoms with van der Waals surface area (Å²) in [4.78, 5) is 11.0. The van der Waals surface area contributed by atoms with E-state index in [1.165, 1.54) is 12.8 Å². The fraction of sp³-hybridized carbons (Fsp3) is 0.727. The minimum absolute atomic E-state index is 0.366. The van der Waals surface area contributed by atoms with E-state index in [1.807, 2.05) is 13.0 Å². The molecule has 1 heteroatoms. The second kappa shape index (κ2) is 8.51. The summed E-state index contributed by atoms with van der Waals surface area (Å²) >= 11 is 0. The molecule has 0 aromatic carbocycles. The molecule has 0 aromatic heterocycles. The second-order valence-corrected chi connectivity index (χ2v) is 3.11. The Bertz CT molecular complexity index is 136. The lowest BCUT2D eigenvalue weighted by Crippen LogP contribution is -1.93. The molecule has 0 rings (SSSR count). The van der Waals surface area contributed by atoms with Gasteiger partial charge in [0.05, 0.1) is 0 Å². The van der Waals surface area contributed by atoms with Crippen LogP contribution in [-0.2, 0) is 4.79 Å². The number of allylic oxidation sites excluding steroid dienone is 2. The van der Waals surface area contributed by atoms with Gasteiger partial charge in [-0.15, -0.1) is 0 Å². The van der Waals surface area contributed by atoms with Crippen molar-refractivity contribution in [3.8, 4) is 0 Å². The Morgan fingerprint density at radius 3 is 2.50 bits per heavy atom.